The summed E-state index contributed by atoms with van der Waals surface area (Å²) in [5.41, 5.74) is 21.2. The highest BCUT2D eigenvalue weighted by Gasteiger charge is 2.17. The second kappa shape index (κ2) is 21.5. The molecular weight excluding hydrogens is 765 g/mol. The molecule has 0 radical (unpaired) electrons. The standard InChI is InChI=1S/3C15H18N.C14H16N/c1-11-9-13(3)15(16(4)10-11)14-8-6-5-7-12(14)2;2*1-11-7-5-6-8-14(11)15-9-12(2)13(3)10-16(15)4;1-11-7-6-8-13(12(11)2)14-9-4-5-10-15(14)3/h3*5-10H,1-4H3;4-10H,1-3H3/q4*+1/i1D3;3D3;;. The van der Waals surface area contributed by atoms with Crippen LogP contribution in [0.2, 0.25) is 0 Å². The van der Waals surface area contributed by atoms with Crippen LogP contribution >= 0.6 is 0 Å². The van der Waals surface area contributed by atoms with Crippen LogP contribution < -0.4 is 18.3 Å². The Morgan fingerprint density at radius 2 is 0.810 bits per heavy atom. The molecule has 4 heteroatoms. The number of hydrogen-bond donors (Lipinski definition) is 0. The maximum absolute atomic E-state index is 7.55. The lowest BCUT2D eigenvalue weighted by Gasteiger charge is -2.07. The summed E-state index contributed by atoms with van der Waals surface area (Å²) in [5.74, 6) is 0. The first-order valence-corrected chi connectivity index (χ1v) is 21.6. The van der Waals surface area contributed by atoms with Crippen LogP contribution in [0.25, 0.3) is 45.0 Å². The molecule has 0 N–H and O–H groups in total. The first-order chi connectivity index (χ1) is 32.4. The minimum absolute atomic E-state index is 0.379. The number of nitrogens with zero attached hydrogens (tertiary/aromatic N) is 4. The third kappa shape index (κ3) is 11.9. The summed E-state index contributed by atoms with van der Waals surface area (Å²) < 4.78 is 53.3. The van der Waals surface area contributed by atoms with E-state index >= 15 is 0 Å². The van der Waals surface area contributed by atoms with E-state index in [4.69, 9.17) is 8.22 Å². The summed E-state index contributed by atoms with van der Waals surface area (Å²) in [6.45, 7) is 14.6. The smallest absolute Gasteiger partial charge is 0.201 e. The molecule has 0 atom stereocenters. The molecule has 0 bridgehead atoms. The summed E-state index contributed by atoms with van der Waals surface area (Å²) in [5, 5.41) is 0. The van der Waals surface area contributed by atoms with Gasteiger partial charge in [0.2, 0.25) is 22.8 Å². The first kappa shape index (κ1) is 39.3. The molecule has 0 saturated heterocycles. The molecular formula is C59H70N4+4. The van der Waals surface area contributed by atoms with Gasteiger partial charge in [-0.3, -0.25) is 0 Å². The van der Waals surface area contributed by atoms with Crippen molar-refractivity contribution in [3.63, 3.8) is 0 Å². The van der Waals surface area contributed by atoms with E-state index in [0.29, 0.717) is 11.1 Å². The minimum atomic E-state index is -2.06. The number of benzene rings is 4. The van der Waals surface area contributed by atoms with Crippen molar-refractivity contribution in [2.24, 2.45) is 28.2 Å². The Morgan fingerprint density at radius 1 is 0.333 bits per heavy atom. The third-order valence-corrected chi connectivity index (χ3v) is 11.8. The maximum atomic E-state index is 7.55. The van der Waals surface area contributed by atoms with E-state index in [9.17, 15) is 0 Å². The van der Waals surface area contributed by atoms with Crippen molar-refractivity contribution >= 4 is 0 Å². The summed E-state index contributed by atoms with van der Waals surface area (Å²) >= 11 is 0. The summed E-state index contributed by atoms with van der Waals surface area (Å²) in [6.07, 6.45) is 7.68. The van der Waals surface area contributed by atoms with Crippen molar-refractivity contribution in [1.82, 2.24) is 0 Å². The summed E-state index contributed by atoms with van der Waals surface area (Å²) in [7, 11) is 7.96. The van der Waals surface area contributed by atoms with E-state index in [-0.39, 0.29) is 0 Å². The van der Waals surface area contributed by atoms with Crippen LogP contribution in [0.15, 0.2) is 152 Å². The van der Waals surface area contributed by atoms with Crippen molar-refractivity contribution in [2.75, 3.05) is 0 Å². The Labute approximate surface area is 387 Å². The molecule has 0 saturated carbocycles. The zero-order chi connectivity index (χ0) is 51.0. The summed E-state index contributed by atoms with van der Waals surface area (Å²) in [6, 6.07) is 43.5. The average Bonchev–Trinajstić information content (AvgIpc) is 3.28. The first-order valence-electron chi connectivity index (χ1n) is 24.6. The van der Waals surface area contributed by atoms with Crippen LogP contribution in [0.1, 0.15) is 69.4 Å². The van der Waals surface area contributed by atoms with Gasteiger partial charge in [-0.05, 0) is 151 Å². The molecule has 8 rings (SSSR count). The van der Waals surface area contributed by atoms with Gasteiger partial charge in [0, 0.05) is 77.0 Å². The van der Waals surface area contributed by atoms with Gasteiger partial charge >= 0.3 is 0 Å². The van der Waals surface area contributed by atoms with Gasteiger partial charge in [0.05, 0.1) is 0 Å². The van der Waals surface area contributed by atoms with Gasteiger partial charge < -0.3 is 0 Å². The van der Waals surface area contributed by atoms with Crippen LogP contribution in [-0.4, -0.2) is 0 Å². The molecule has 0 aliphatic rings. The lowest BCUT2D eigenvalue weighted by molar-refractivity contribution is -0.661. The zero-order valence-electron chi connectivity index (χ0n) is 45.7. The monoisotopic (exact) mass is 841 g/mol. The number of aryl methyl sites for hydroxylation is 14. The van der Waals surface area contributed by atoms with Crippen LogP contribution in [0.3, 0.4) is 0 Å². The molecule has 0 fully saturated rings. The van der Waals surface area contributed by atoms with Crippen molar-refractivity contribution in [2.45, 2.75) is 76.0 Å². The highest BCUT2D eigenvalue weighted by Crippen LogP contribution is 2.25. The van der Waals surface area contributed by atoms with Gasteiger partial charge in [0.15, 0.2) is 24.8 Å². The normalized spacial score (nSPS) is 12.3. The molecule has 4 heterocycles. The predicted molar refractivity (Wildman–Crippen MR) is 264 cm³/mol. The summed E-state index contributed by atoms with van der Waals surface area (Å²) in [4.78, 5) is 0. The molecule has 0 aliphatic heterocycles. The Bertz CT molecular complexity index is 3050. The fourth-order valence-corrected chi connectivity index (χ4v) is 7.85. The van der Waals surface area contributed by atoms with E-state index in [2.05, 4.69) is 175 Å². The van der Waals surface area contributed by atoms with Crippen molar-refractivity contribution < 1.29 is 26.5 Å². The van der Waals surface area contributed by atoms with Gasteiger partial charge in [0.25, 0.3) is 0 Å². The molecule has 8 aromatic rings. The van der Waals surface area contributed by atoms with E-state index in [1.807, 2.05) is 67.4 Å². The Balaban J connectivity index is 0.000000172. The van der Waals surface area contributed by atoms with Crippen LogP contribution in [0.4, 0.5) is 0 Å². The Kier molecular flexibility index (Phi) is 13.4. The Hall–Kier alpha value is -6.52. The lowest BCUT2D eigenvalue weighted by atomic mass is 10.0. The SMILES string of the molecule is Cc1cc(-c2ccccc2C)[n+](C)cc1C.Cc1cccc(-c2cccc[n+]2C)c1C.[2H]C([2H])([2H])c1c[n+](C)c(-c2ccccc2C)cc1C.[2H]C([2H])([2H])c1cc(C)c(-c2ccccc2C)[n+](C)c1. The van der Waals surface area contributed by atoms with Crippen LogP contribution in [0, 0.1) is 76.0 Å². The molecule has 322 valence electrons. The second-order valence-electron chi connectivity index (χ2n) is 16.8. The number of rotatable bonds is 4. The number of hydrogen-bond acceptors (Lipinski definition) is 0. The molecule has 4 aromatic heterocycles. The Morgan fingerprint density at radius 3 is 1.32 bits per heavy atom. The molecule has 0 spiro atoms. The van der Waals surface area contributed by atoms with E-state index in [1.165, 1.54) is 61.5 Å². The number of aromatic nitrogens is 4. The number of pyridine rings is 4. The van der Waals surface area contributed by atoms with E-state index in [1.54, 1.807) is 18.5 Å². The quantitative estimate of drug-likeness (QED) is 0.157. The molecule has 4 nitrogen and oxygen atoms in total. The van der Waals surface area contributed by atoms with E-state index in [0.717, 1.165) is 33.6 Å². The topological polar surface area (TPSA) is 15.5 Å². The second-order valence-corrected chi connectivity index (χ2v) is 16.8. The average molecular weight is 841 g/mol. The molecule has 4 aromatic carbocycles. The van der Waals surface area contributed by atoms with Gasteiger partial charge in [-0.1, -0.05) is 66.7 Å². The van der Waals surface area contributed by atoms with Crippen molar-refractivity contribution in [1.29, 1.82) is 0 Å². The van der Waals surface area contributed by atoms with Gasteiger partial charge in [-0.15, -0.1) is 0 Å². The van der Waals surface area contributed by atoms with Gasteiger partial charge in [0.1, 0.15) is 28.2 Å². The van der Waals surface area contributed by atoms with Crippen LogP contribution in [0.5, 0.6) is 0 Å². The largest absolute Gasteiger partial charge is 0.215 e. The van der Waals surface area contributed by atoms with Crippen LogP contribution in [-0.2, 0) is 28.2 Å². The fraction of sp³-hybridized carbons (Fsp3) is 0.254. The van der Waals surface area contributed by atoms with Gasteiger partial charge in [-0.25, -0.2) is 18.3 Å². The van der Waals surface area contributed by atoms with Crippen molar-refractivity contribution in [3.05, 3.63) is 213 Å². The third-order valence-electron chi connectivity index (χ3n) is 11.8. The molecule has 0 unspecified atom stereocenters. The maximum Gasteiger partial charge on any atom is 0.215 e. The van der Waals surface area contributed by atoms with Crippen molar-refractivity contribution in [3.8, 4) is 45.0 Å². The molecule has 63 heavy (non-hydrogen) atoms. The highest BCUT2D eigenvalue weighted by atomic mass is 14.9. The van der Waals surface area contributed by atoms with E-state index < -0.39 is 13.7 Å². The minimum Gasteiger partial charge on any atom is -0.201 e. The predicted octanol–water partition coefficient (Wildman–Crippen LogP) is 12.1. The zero-order valence-corrected chi connectivity index (χ0v) is 39.7. The van der Waals surface area contributed by atoms with Gasteiger partial charge in [-0.2, -0.15) is 0 Å². The molecule has 0 aliphatic carbocycles. The molecule has 0 amide bonds. The lowest BCUT2D eigenvalue weighted by Crippen LogP contribution is -2.32. The highest BCUT2D eigenvalue weighted by molar-refractivity contribution is 5.65. The fourth-order valence-electron chi connectivity index (χ4n) is 7.85.